The smallest absolute Gasteiger partial charge is 0.255 e. The molecule has 6 nitrogen and oxygen atoms in total. The summed E-state index contributed by atoms with van der Waals surface area (Å²) in [5.41, 5.74) is 2.33. The summed E-state index contributed by atoms with van der Waals surface area (Å²) < 4.78 is 1.90. The predicted molar refractivity (Wildman–Crippen MR) is 97.2 cm³/mol. The van der Waals surface area contributed by atoms with E-state index in [9.17, 15) is 4.79 Å². The Balaban J connectivity index is 1.52. The molecular formula is C19H19N5O. The molecule has 0 bridgehead atoms. The average Bonchev–Trinajstić information content (AvgIpc) is 3.36. The van der Waals surface area contributed by atoms with Crippen LogP contribution in [0.15, 0.2) is 61.3 Å². The summed E-state index contributed by atoms with van der Waals surface area (Å²) in [7, 11) is 0. The number of hydrogen-bond acceptors (Lipinski definition) is 4. The Labute approximate surface area is 146 Å². The summed E-state index contributed by atoms with van der Waals surface area (Å²) in [5, 5.41) is 3.00. The highest BCUT2D eigenvalue weighted by atomic mass is 16.1. The molecule has 1 fully saturated rings. The zero-order valence-corrected chi connectivity index (χ0v) is 13.8. The minimum atomic E-state index is -0.134. The zero-order valence-electron chi connectivity index (χ0n) is 13.8. The molecule has 1 aromatic carbocycles. The zero-order chi connectivity index (χ0) is 17.1. The van der Waals surface area contributed by atoms with Gasteiger partial charge in [-0.15, -0.1) is 0 Å². The van der Waals surface area contributed by atoms with E-state index in [1.54, 1.807) is 18.7 Å². The summed E-state index contributed by atoms with van der Waals surface area (Å²) in [4.78, 5) is 23.3. The van der Waals surface area contributed by atoms with Gasteiger partial charge < -0.3 is 14.8 Å². The average molecular weight is 333 g/mol. The highest BCUT2D eigenvalue weighted by Gasteiger charge is 2.18. The van der Waals surface area contributed by atoms with Crippen LogP contribution in [0, 0.1) is 0 Å². The quantitative estimate of drug-likeness (QED) is 0.797. The fourth-order valence-corrected chi connectivity index (χ4v) is 3.07. The lowest BCUT2D eigenvalue weighted by Gasteiger charge is -2.20. The molecule has 25 heavy (non-hydrogen) atoms. The highest BCUT2D eigenvalue weighted by molar-refractivity contribution is 6.05. The Hall–Kier alpha value is -3.15. The van der Waals surface area contributed by atoms with Crippen LogP contribution < -0.4 is 10.2 Å². The first-order valence-corrected chi connectivity index (χ1v) is 8.41. The van der Waals surface area contributed by atoms with Crippen molar-refractivity contribution in [3.8, 4) is 5.69 Å². The fourth-order valence-electron chi connectivity index (χ4n) is 3.07. The summed E-state index contributed by atoms with van der Waals surface area (Å²) in [6.07, 6.45) is 9.42. The van der Waals surface area contributed by atoms with E-state index in [4.69, 9.17) is 0 Å². The summed E-state index contributed by atoms with van der Waals surface area (Å²) in [6.45, 7) is 1.97. The number of nitrogens with zero attached hydrogens (tertiary/aromatic N) is 4. The van der Waals surface area contributed by atoms with Crippen LogP contribution in [0.2, 0.25) is 0 Å². The summed E-state index contributed by atoms with van der Waals surface area (Å²) in [5.74, 6) is 0.717. The topological polar surface area (TPSA) is 63.1 Å². The first-order chi connectivity index (χ1) is 12.3. The molecule has 2 aromatic heterocycles. The molecular weight excluding hydrogens is 314 g/mol. The third-order valence-corrected chi connectivity index (χ3v) is 4.37. The SMILES string of the molecule is O=C(Nc1cccnc1N1CCCC1)c1ccc(-n2ccnc2)cc1. The highest BCUT2D eigenvalue weighted by Crippen LogP contribution is 2.26. The van der Waals surface area contributed by atoms with Gasteiger partial charge >= 0.3 is 0 Å². The van der Waals surface area contributed by atoms with E-state index in [1.165, 1.54) is 12.8 Å². The predicted octanol–water partition coefficient (Wildman–Crippen LogP) is 3.12. The Morgan fingerprint density at radius 1 is 1.04 bits per heavy atom. The number of carbonyl (C=O) groups is 1. The van der Waals surface area contributed by atoms with E-state index in [0.717, 1.165) is 30.3 Å². The van der Waals surface area contributed by atoms with Crippen LogP contribution in [0.5, 0.6) is 0 Å². The summed E-state index contributed by atoms with van der Waals surface area (Å²) >= 11 is 0. The lowest BCUT2D eigenvalue weighted by atomic mass is 10.2. The van der Waals surface area contributed by atoms with Gasteiger partial charge in [-0.05, 0) is 49.2 Å². The number of benzene rings is 1. The van der Waals surface area contributed by atoms with Crippen LogP contribution in [0.3, 0.4) is 0 Å². The van der Waals surface area contributed by atoms with Crippen molar-refractivity contribution in [3.63, 3.8) is 0 Å². The number of aromatic nitrogens is 3. The van der Waals surface area contributed by atoms with Crippen LogP contribution in [-0.4, -0.2) is 33.5 Å². The molecule has 3 aromatic rings. The molecule has 4 rings (SSSR count). The van der Waals surface area contributed by atoms with Gasteiger partial charge in [-0.25, -0.2) is 9.97 Å². The number of hydrogen-bond donors (Lipinski definition) is 1. The number of pyridine rings is 1. The number of carbonyl (C=O) groups excluding carboxylic acids is 1. The van der Waals surface area contributed by atoms with Crippen molar-refractivity contribution in [1.29, 1.82) is 0 Å². The van der Waals surface area contributed by atoms with Gasteiger partial charge in [0.1, 0.15) is 0 Å². The number of anilines is 2. The summed E-state index contributed by atoms with van der Waals surface area (Å²) in [6, 6.07) is 11.2. The van der Waals surface area contributed by atoms with E-state index < -0.39 is 0 Å². The van der Waals surface area contributed by atoms with E-state index in [0.29, 0.717) is 5.56 Å². The van der Waals surface area contributed by atoms with Crippen molar-refractivity contribution in [2.24, 2.45) is 0 Å². The van der Waals surface area contributed by atoms with E-state index in [2.05, 4.69) is 20.2 Å². The minimum absolute atomic E-state index is 0.134. The minimum Gasteiger partial charge on any atom is -0.355 e. The van der Waals surface area contributed by atoms with Crippen LogP contribution in [0.1, 0.15) is 23.2 Å². The second kappa shape index (κ2) is 6.76. The number of imidazole rings is 1. The third-order valence-electron chi connectivity index (χ3n) is 4.37. The molecule has 1 aliphatic rings. The normalized spacial score (nSPS) is 13.8. The monoisotopic (exact) mass is 333 g/mol. The maximum absolute atomic E-state index is 12.6. The molecule has 0 aliphatic carbocycles. The first kappa shape index (κ1) is 15.4. The van der Waals surface area contributed by atoms with Gasteiger partial charge in [-0.2, -0.15) is 0 Å². The lowest BCUT2D eigenvalue weighted by molar-refractivity contribution is 0.102. The standard InChI is InChI=1S/C19H19N5O/c25-19(15-5-7-16(8-6-15)24-13-10-20-14-24)22-17-4-3-9-21-18(17)23-11-1-2-12-23/h3-10,13-14H,1-2,11-12H2,(H,22,25). The lowest BCUT2D eigenvalue weighted by Crippen LogP contribution is -2.22. The van der Waals surface area contributed by atoms with E-state index in [1.807, 2.05) is 47.2 Å². The van der Waals surface area contributed by atoms with Gasteiger partial charge in [0.15, 0.2) is 5.82 Å². The molecule has 0 radical (unpaired) electrons. The number of amides is 1. The van der Waals surface area contributed by atoms with Gasteiger partial charge in [0, 0.05) is 42.9 Å². The number of rotatable bonds is 4. The van der Waals surface area contributed by atoms with Crippen LogP contribution in [0.25, 0.3) is 5.69 Å². The van der Waals surface area contributed by atoms with Crippen molar-refractivity contribution < 1.29 is 4.79 Å². The van der Waals surface area contributed by atoms with Crippen molar-refractivity contribution in [3.05, 3.63) is 66.9 Å². The molecule has 0 atom stereocenters. The largest absolute Gasteiger partial charge is 0.355 e. The first-order valence-electron chi connectivity index (χ1n) is 8.41. The van der Waals surface area contributed by atoms with Gasteiger partial charge in [0.25, 0.3) is 5.91 Å². The molecule has 0 spiro atoms. The van der Waals surface area contributed by atoms with Gasteiger partial charge in [0.2, 0.25) is 0 Å². The Morgan fingerprint density at radius 2 is 1.84 bits per heavy atom. The van der Waals surface area contributed by atoms with Gasteiger partial charge in [-0.3, -0.25) is 4.79 Å². The van der Waals surface area contributed by atoms with Crippen molar-refractivity contribution in [2.45, 2.75) is 12.8 Å². The van der Waals surface area contributed by atoms with Gasteiger partial charge in [0.05, 0.1) is 12.0 Å². The molecule has 0 saturated carbocycles. The maximum Gasteiger partial charge on any atom is 0.255 e. The second-order valence-corrected chi connectivity index (χ2v) is 6.04. The maximum atomic E-state index is 12.6. The molecule has 1 aliphatic heterocycles. The molecule has 126 valence electrons. The van der Waals surface area contributed by atoms with Crippen molar-refractivity contribution in [2.75, 3.05) is 23.3 Å². The number of nitrogens with one attached hydrogen (secondary N) is 1. The third kappa shape index (κ3) is 3.24. The molecule has 1 amide bonds. The van der Waals surface area contributed by atoms with Crippen LogP contribution in [-0.2, 0) is 0 Å². The second-order valence-electron chi connectivity index (χ2n) is 6.04. The van der Waals surface area contributed by atoms with Crippen LogP contribution >= 0.6 is 0 Å². The Bertz CT molecular complexity index is 852. The molecule has 1 N–H and O–H groups in total. The van der Waals surface area contributed by atoms with Gasteiger partial charge in [-0.1, -0.05) is 0 Å². The van der Waals surface area contributed by atoms with Crippen molar-refractivity contribution in [1.82, 2.24) is 14.5 Å². The Morgan fingerprint density at radius 3 is 2.56 bits per heavy atom. The van der Waals surface area contributed by atoms with Crippen LogP contribution in [0.4, 0.5) is 11.5 Å². The molecule has 0 unspecified atom stereocenters. The van der Waals surface area contributed by atoms with Crippen molar-refractivity contribution >= 4 is 17.4 Å². The molecule has 3 heterocycles. The molecule has 1 saturated heterocycles. The Kier molecular flexibility index (Phi) is 4.16. The van der Waals surface area contributed by atoms with E-state index >= 15 is 0 Å². The molecule has 6 heteroatoms. The fraction of sp³-hybridized carbons (Fsp3) is 0.211. The van der Waals surface area contributed by atoms with E-state index in [-0.39, 0.29) is 5.91 Å².